The van der Waals surface area contributed by atoms with E-state index in [1.807, 2.05) is 12.3 Å². The number of benzene rings is 1. The van der Waals surface area contributed by atoms with Crippen molar-refractivity contribution in [3.8, 4) is 0 Å². The number of halogens is 1. The molecule has 0 amide bonds. The normalized spacial score (nSPS) is 10.5. The van der Waals surface area contributed by atoms with Crippen LogP contribution < -0.4 is 5.73 Å². The van der Waals surface area contributed by atoms with E-state index >= 15 is 0 Å². The molecule has 0 saturated heterocycles. The summed E-state index contributed by atoms with van der Waals surface area (Å²) in [5.41, 5.74) is 6.95. The second kappa shape index (κ2) is 5.22. The molecule has 6 heteroatoms. The fraction of sp³-hybridized carbons (Fsp3) is 0.167. The number of nitrogens with zero attached hydrogens (tertiary/aromatic N) is 2. The number of carboxylic acid groups (broad SMARTS) is 1. The van der Waals surface area contributed by atoms with Gasteiger partial charge in [-0.25, -0.2) is 4.79 Å². The molecule has 0 fully saturated rings. The highest BCUT2D eigenvalue weighted by Gasteiger charge is 2.08. The number of nitrogens with two attached hydrogens (primary N) is 1. The highest BCUT2D eigenvalue weighted by molar-refractivity contribution is 9.10. The minimum atomic E-state index is -1.00. The van der Waals surface area contributed by atoms with Gasteiger partial charge in [0, 0.05) is 18.4 Å². The Labute approximate surface area is 112 Å². The predicted molar refractivity (Wildman–Crippen MR) is 71.4 cm³/mol. The zero-order valence-electron chi connectivity index (χ0n) is 9.51. The van der Waals surface area contributed by atoms with E-state index in [0.29, 0.717) is 13.0 Å². The summed E-state index contributed by atoms with van der Waals surface area (Å²) >= 11 is 3.32. The molecule has 1 aromatic heterocycles. The van der Waals surface area contributed by atoms with Crippen molar-refractivity contribution in [1.82, 2.24) is 9.78 Å². The largest absolute Gasteiger partial charge is 0.478 e. The first-order valence-corrected chi connectivity index (χ1v) is 6.15. The lowest BCUT2D eigenvalue weighted by Gasteiger charge is -2.05. The van der Waals surface area contributed by atoms with E-state index in [4.69, 9.17) is 10.8 Å². The Morgan fingerprint density at radius 1 is 1.50 bits per heavy atom. The first-order valence-electron chi connectivity index (χ1n) is 5.36. The van der Waals surface area contributed by atoms with Gasteiger partial charge in [0.15, 0.2) is 0 Å². The molecule has 0 atom stereocenters. The molecule has 18 heavy (non-hydrogen) atoms. The van der Waals surface area contributed by atoms with Gasteiger partial charge < -0.3 is 10.8 Å². The molecule has 2 rings (SSSR count). The quantitative estimate of drug-likeness (QED) is 0.848. The van der Waals surface area contributed by atoms with Crippen LogP contribution in [-0.4, -0.2) is 20.9 Å². The van der Waals surface area contributed by atoms with E-state index < -0.39 is 5.97 Å². The summed E-state index contributed by atoms with van der Waals surface area (Å²) < 4.78 is 2.71. The van der Waals surface area contributed by atoms with Crippen LogP contribution in [0.3, 0.4) is 0 Å². The minimum Gasteiger partial charge on any atom is -0.478 e. The summed E-state index contributed by atoms with van der Waals surface area (Å²) in [6.07, 6.45) is 4.29. The average Bonchev–Trinajstić information content (AvgIpc) is 2.74. The van der Waals surface area contributed by atoms with Crippen molar-refractivity contribution in [3.05, 3.63) is 46.2 Å². The molecule has 1 aromatic carbocycles. The molecule has 2 aromatic rings. The Balaban J connectivity index is 2.10. The molecule has 0 unspecified atom stereocenters. The van der Waals surface area contributed by atoms with E-state index in [2.05, 4.69) is 21.0 Å². The second-order valence-electron chi connectivity index (χ2n) is 3.90. The molecule has 0 spiro atoms. The summed E-state index contributed by atoms with van der Waals surface area (Å²) in [6, 6.07) is 5.06. The fourth-order valence-corrected chi connectivity index (χ4v) is 1.98. The Bertz CT molecular complexity index is 580. The molecule has 0 saturated carbocycles. The lowest BCUT2D eigenvalue weighted by atomic mass is 10.1. The van der Waals surface area contributed by atoms with Crippen LogP contribution in [0.15, 0.2) is 35.1 Å². The van der Waals surface area contributed by atoms with Gasteiger partial charge in [-0.05, 0) is 40.0 Å². The molecular formula is C12H12BrN3O2. The van der Waals surface area contributed by atoms with Gasteiger partial charge in [-0.2, -0.15) is 5.10 Å². The zero-order valence-corrected chi connectivity index (χ0v) is 11.1. The van der Waals surface area contributed by atoms with Crippen LogP contribution >= 0.6 is 15.9 Å². The maximum absolute atomic E-state index is 10.9. The highest BCUT2D eigenvalue weighted by Crippen LogP contribution is 2.15. The number of nitrogen functional groups attached to an aromatic ring is 1. The number of aromatic carboxylic acids is 1. The number of anilines is 1. The van der Waals surface area contributed by atoms with Gasteiger partial charge in [-0.3, -0.25) is 4.68 Å². The van der Waals surface area contributed by atoms with Crippen LogP contribution in [0.2, 0.25) is 0 Å². The van der Waals surface area contributed by atoms with Crippen molar-refractivity contribution in [1.29, 1.82) is 0 Å². The monoisotopic (exact) mass is 309 g/mol. The van der Waals surface area contributed by atoms with Crippen molar-refractivity contribution < 1.29 is 9.90 Å². The van der Waals surface area contributed by atoms with Crippen LogP contribution in [0.5, 0.6) is 0 Å². The summed E-state index contributed by atoms with van der Waals surface area (Å²) in [4.78, 5) is 10.9. The van der Waals surface area contributed by atoms with E-state index in [-0.39, 0.29) is 11.3 Å². The number of carbonyl (C=O) groups is 1. The van der Waals surface area contributed by atoms with Crippen molar-refractivity contribution in [2.75, 3.05) is 5.73 Å². The Kier molecular flexibility index (Phi) is 3.66. The van der Waals surface area contributed by atoms with Gasteiger partial charge in [-0.15, -0.1) is 0 Å². The topological polar surface area (TPSA) is 81.1 Å². The molecule has 5 nitrogen and oxygen atoms in total. The number of aryl methyl sites for hydroxylation is 2. The first-order chi connectivity index (χ1) is 8.56. The van der Waals surface area contributed by atoms with Crippen molar-refractivity contribution in [3.63, 3.8) is 0 Å². The smallest absolute Gasteiger partial charge is 0.337 e. The maximum Gasteiger partial charge on any atom is 0.337 e. The first kappa shape index (κ1) is 12.6. The Morgan fingerprint density at radius 3 is 2.89 bits per heavy atom. The molecule has 0 aliphatic carbocycles. The van der Waals surface area contributed by atoms with Gasteiger partial charge in [0.2, 0.25) is 0 Å². The van der Waals surface area contributed by atoms with Gasteiger partial charge in [-0.1, -0.05) is 6.07 Å². The van der Waals surface area contributed by atoms with E-state index in [9.17, 15) is 4.79 Å². The summed E-state index contributed by atoms with van der Waals surface area (Å²) in [5, 5.41) is 13.1. The maximum atomic E-state index is 10.9. The molecule has 94 valence electrons. The third-order valence-electron chi connectivity index (χ3n) is 2.58. The van der Waals surface area contributed by atoms with Gasteiger partial charge >= 0.3 is 5.97 Å². The number of hydrogen-bond acceptors (Lipinski definition) is 3. The van der Waals surface area contributed by atoms with E-state index in [1.54, 1.807) is 23.0 Å². The summed E-state index contributed by atoms with van der Waals surface area (Å²) in [6.45, 7) is 0.689. The molecule has 3 N–H and O–H groups in total. The van der Waals surface area contributed by atoms with Crippen LogP contribution in [0.25, 0.3) is 0 Å². The SMILES string of the molecule is Nc1ccc(CCn2cc(Br)cn2)cc1C(=O)O. The van der Waals surface area contributed by atoms with E-state index in [1.165, 1.54) is 0 Å². The zero-order chi connectivity index (χ0) is 13.1. The number of aromatic nitrogens is 2. The van der Waals surface area contributed by atoms with Crippen LogP contribution in [-0.2, 0) is 13.0 Å². The number of rotatable bonds is 4. The lowest BCUT2D eigenvalue weighted by Crippen LogP contribution is -2.05. The third-order valence-corrected chi connectivity index (χ3v) is 2.99. The standard InChI is InChI=1S/C12H12BrN3O2/c13-9-6-15-16(7-9)4-3-8-1-2-11(14)10(5-8)12(17)18/h1-2,5-7H,3-4,14H2,(H,17,18). The van der Waals surface area contributed by atoms with Crippen LogP contribution in [0.4, 0.5) is 5.69 Å². The molecule has 0 aliphatic rings. The van der Waals surface area contributed by atoms with Crippen molar-refractivity contribution in [2.24, 2.45) is 0 Å². The Hall–Kier alpha value is -1.82. The number of hydrogen-bond donors (Lipinski definition) is 2. The summed E-state index contributed by atoms with van der Waals surface area (Å²) in [5.74, 6) is -1.00. The van der Waals surface area contributed by atoms with Gasteiger partial charge in [0.25, 0.3) is 0 Å². The molecule has 1 heterocycles. The Morgan fingerprint density at radius 2 is 2.28 bits per heavy atom. The van der Waals surface area contributed by atoms with Crippen molar-refractivity contribution >= 4 is 27.6 Å². The summed E-state index contributed by atoms with van der Waals surface area (Å²) in [7, 11) is 0. The lowest BCUT2D eigenvalue weighted by molar-refractivity contribution is 0.0698. The van der Waals surface area contributed by atoms with Gasteiger partial charge in [0.05, 0.1) is 16.2 Å². The van der Waals surface area contributed by atoms with Gasteiger partial charge in [0.1, 0.15) is 0 Å². The molecule has 0 radical (unpaired) electrons. The fourth-order valence-electron chi connectivity index (χ4n) is 1.65. The molecule has 0 aliphatic heterocycles. The number of carboxylic acids is 1. The second-order valence-corrected chi connectivity index (χ2v) is 4.81. The predicted octanol–water partition coefficient (Wildman–Crippen LogP) is 2.17. The highest BCUT2D eigenvalue weighted by atomic mass is 79.9. The van der Waals surface area contributed by atoms with Crippen LogP contribution in [0.1, 0.15) is 15.9 Å². The minimum absolute atomic E-state index is 0.147. The molecule has 0 bridgehead atoms. The van der Waals surface area contributed by atoms with Crippen molar-refractivity contribution in [2.45, 2.75) is 13.0 Å². The van der Waals surface area contributed by atoms with Crippen LogP contribution in [0, 0.1) is 0 Å². The third kappa shape index (κ3) is 2.89. The average molecular weight is 310 g/mol. The molecular weight excluding hydrogens is 298 g/mol. The van der Waals surface area contributed by atoms with E-state index in [0.717, 1.165) is 10.0 Å².